The van der Waals surface area contributed by atoms with Gasteiger partial charge in [-0.05, 0) is 81.8 Å². The van der Waals surface area contributed by atoms with E-state index in [4.69, 9.17) is 9.47 Å². The number of aromatic nitrogens is 6. The molecule has 2 unspecified atom stereocenters. The molecular formula is C40H38N12Na2O6S2. The Bertz CT molecular complexity index is 2350. The molecule has 4 heterocycles. The van der Waals surface area contributed by atoms with E-state index in [0.717, 1.165) is 11.4 Å². The van der Waals surface area contributed by atoms with Gasteiger partial charge in [0, 0.05) is 58.7 Å². The van der Waals surface area contributed by atoms with E-state index in [0.29, 0.717) is 98.9 Å². The zero-order valence-corrected chi connectivity index (χ0v) is 39.5. The summed E-state index contributed by atoms with van der Waals surface area (Å²) in [5.41, 5.74) is 3.03. The number of hydrogen-bond donors (Lipinski definition) is 4. The molecule has 62 heavy (non-hydrogen) atoms. The predicted molar refractivity (Wildman–Crippen MR) is 228 cm³/mol. The first-order valence-corrected chi connectivity index (χ1v) is 21.0. The van der Waals surface area contributed by atoms with Crippen LogP contribution >= 0.6 is 0 Å². The van der Waals surface area contributed by atoms with Crippen LogP contribution in [-0.4, -0.2) is 100 Å². The maximum atomic E-state index is 12.5. The van der Waals surface area contributed by atoms with Gasteiger partial charge in [-0.1, -0.05) is 60.7 Å². The first-order chi connectivity index (χ1) is 29.3. The van der Waals surface area contributed by atoms with Crippen LogP contribution in [-0.2, 0) is 31.6 Å². The van der Waals surface area contributed by atoms with Gasteiger partial charge in [-0.25, -0.2) is 0 Å². The molecule has 0 aliphatic carbocycles. The van der Waals surface area contributed by atoms with E-state index >= 15 is 0 Å². The van der Waals surface area contributed by atoms with Crippen LogP contribution in [0.1, 0.15) is 11.1 Å². The first kappa shape index (κ1) is 47.1. The minimum Gasteiger partial charge on any atom is -0.768 e. The first-order valence-electron chi connectivity index (χ1n) is 18.8. The second-order valence-corrected chi connectivity index (χ2v) is 15.1. The van der Waals surface area contributed by atoms with Gasteiger partial charge in [-0.2, -0.15) is 29.9 Å². The minimum absolute atomic E-state index is 0. The van der Waals surface area contributed by atoms with Gasteiger partial charge in [-0.3, -0.25) is 8.42 Å². The fourth-order valence-electron chi connectivity index (χ4n) is 6.29. The molecule has 2 atom stereocenters. The van der Waals surface area contributed by atoms with E-state index in [9.17, 15) is 17.5 Å². The Hall–Kier alpha value is -4.42. The van der Waals surface area contributed by atoms with Crippen molar-refractivity contribution >= 4 is 92.8 Å². The number of morpholine rings is 2. The Morgan fingerprint density at radius 3 is 1.16 bits per heavy atom. The van der Waals surface area contributed by atoms with Crippen LogP contribution < -0.4 is 90.2 Å². The minimum atomic E-state index is -2.66. The summed E-state index contributed by atoms with van der Waals surface area (Å²) in [7, 11) is 0. The molecule has 4 aromatic carbocycles. The van der Waals surface area contributed by atoms with Crippen molar-refractivity contribution in [1.29, 1.82) is 0 Å². The second-order valence-electron chi connectivity index (χ2n) is 13.3. The van der Waals surface area contributed by atoms with Crippen molar-refractivity contribution in [2.24, 2.45) is 0 Å². The molecule has 308 valence electrons. The maximum Gasteiger partial charge on any atom is 1.00 e. The summed E-state index contributed by atoms with van der Waals surface area (Å²) >= 11 is -5.32. The van der Waals surface area contributed by atoms with Crippen molar-refractivity contribution < 1.29 is 86.1 Å². The maximum absolute atomic E-state index is 12.5. The Morgan fingerprint density at radius 2 is 0.823 bits per heavy atom. The van der Waals surface area contributed by atoms with Crippen molar-refractivity contribution in [1.82, 2.24) is 29.9 Å². The van der Waals surface area contributed by atoms with Crippen molar-refractivity contribution in [3.05, 3.63) is 108 Å². The molecule has 8 rings (SSSR count). The molecule has 4 N–H and O–H groups in total. The third-order valence-electron chi connectivity index (χ3n) is 9.24. The normalized spacial score (nSPS) is 14.9. The van der Waals surface area contributed by atoms with Crippen LogP contribution in [0.15, 0.2) is 107 Å². The number of rotatable bonds is 14. The molecular weight excluding hydrogens is 855 g/mol. The summed E-state index contributed by atoms with van der Waals surface area (Å²) in [6.45, 7) is 4.50. The Balaban J connectivity index is 0.00000321. The zero-order chi connectivity index (χ0) is 41.3. The second kappa shape index (κ2) is 22.8. The quantitative estimate of drug-likeness (QED) is 0.0606. The van der Waals surface area contributed by atoms with Crippen LogP contribution in [0.3, 0.4) is 0 Å². The van der Waals surface area contributed by atoms with Crippen LogP contribution in [0, 0.1) is 0 Å². The fraction of sp³-hybridized carbons (Fsp3) is 0.200. The van der Waals surface area contributed by atoms with Crippen molar-refractivity contribution in [3.63, 3.8) is 0 Å². The third kappa shape index (κ3) is 12.6. The molecule has 2 saturated heterocycles. The SMILES string of the molecule is O=S([O-])c1cc(Nc2nc(Nc3ccccc3)nc(N3CCOCC3)n2)ccc1/C=C/c1ccc(Nc2nc(Nc3ccccc3)nc(N3CCOCC3)n2)cc1S(=O)[O-].[Na+].[Na+]. The van der Waals surface area contributed by atoms with Gasteiger partial charge in [0.2, 0.25) is 35.7 Å². The van der Waals surface area contributed by atoms with Gasteiger partial charge in [-0.15, -0.1) is 0 Å². The fourth-order valence-corrected chi connectivity index (χ4v) is 7.39. The molecule has 2 aliphatic rings. The van der Waals surface area contributed by atoms with Gasteiger partial charge in [0.15, 0.2) is 0 Å². The van der Waals surface area contributed by atoms with Gasteiger partial charge < -0.3 is 49.6 Å². The number of benzene rings is 4. The van der Waals surface area contributed by atoms with Gasteiger partial charge in [0.05, 0.1) is 26.4 Å². The average molecular weight is 893 g/mol. The molecule has 0 radical (unpaired) electrons. The summed E-state index contributed by atoms with van der Waals surface area (Å²) < 4.78 is 61.1. The standard InChI is InChI=1S/C40H40N12O6S2.2Na/c53-59(54)33-25-31(43-37-45-35(41-29-7-3-1-4-8-29)47-39(49-37)51-17-21-57-22-18-51)15-13-27(33)11-12-28-14-16-32(26-34(28)60(55)56)44-38-46-36(42-30-9-5-2-6-10-30)48-40(50-38)52-19-23-58-24-20-52;;/h1-16,25-26H,17-24H2,(H,53,54)(H,55,56)(H2,41,43,45,47,49)(H2,42,44,46,48,50);;/q;2*+1/p-2/b12-11+;;. The van der Waals surface area contributed by atoms with E-state index < -0.39 is 22.2 Å². The number of nitrogens with zero attached hydrogens (tertiary/aromatic N) is 8. The third-order valence-corrected chi connectivity index (χ3v) is 10.7. The van der Waals surface area contributed by atoms with Gasteiger partial charge in [0.25, 0.3) is 0 Å². The van der Waals surface area contributed by atoms with Crippen molar-refractivity contribution in [2.45, 2.75) is 9.79 Å². The Morgan fingerprint density at radius 1 is 0.484 bits per heavy atom. The smallest absolute Gasteiger partial charge is 0.768 e. The van der Waals surface area contributed by atoms with Gasteiger partial charge >= 0.3 is 59.1 Å². The number of para-hydroxylation sites is 2. The Kier molecular flexibility index (Phi) is 17.3. The monoisotopic (exact) mass is 892 g/mol. The molecule has 0 spiro atoms. The van der Waals surface area contributed by atoms with Crippen LogP contribution in [0.2, 0.25) is 0 Å². The molecule has 2 fully saturated rings. The largest absolute Gasteiger partial charge is 1.00 e. The summed E-state index contributed by atoms with van der Waals surface area (Å²) in [5.74, 6) is 1.87. The summed E-state index contributed by atoms with van der Waals surface area (Å²) in [5, 5.41) is 12.6. The molecule has 18 nitrogen and oxygen atoms in total. The number of anilines is 10. The molecule has 0 bridgehead atoms. The Labute approximate surface area is 407 Å². The van der Waals surface area contributed by atoms with Crippen LogP contribution in [0.25, 0.3) is 12.2 Å². The van der Waals surface area contributed by atoms with Crippen molar-refractivity contribution in [3.8, 4) is 0 Å². The molecule has 22 heteroatoms. The van der Waals surface area contributed by atoms with E-state index in [1.54, 1.807) is 24.3 Å². The molecule has 2 aromatic heterocycles. The summed E-state index contributed by atoms with van der Waals surface area (Å²) in [4.78, 5) is 31.5. The number of hydrogen-bond acceptors (Lipinski definition) is 18. The molecule has 0 amide bonds. The predicted octanol–water partition coefficient (Wildman–Crippen LogP) is -0.641. The van der Waals surface area contributed by atoms with E-state index in [1.807, 2.05) is 70.5 Å². The summed E-state index contributed by atoms with van der Waals surface area (Å²) in [6.07, 6.45) is 3.08. The van der Waals surface area contributed by atoms with Crippen molar-refractivity contribution in [2.75, 3.05) is 83.7 Å². The molecule has 0 saturated carbocycles. The topological polar surface area (TPSA) is 231 Å². The molecule has 2 aliphatic heterocycles. The number of nitrogens with one attached hydrogen (secondary N) is 4. The van der Waals surface area contributed by atoms with E-state index in [1.165, 1.54) is 24.3 Å². The van der Waals surface area contributed by atoms with Crippen LogP contribution in [0.5, 0.6) is 0 Å². The molecule has 6 aromatic rings. The van der Waals surface area contributed by atoms with Crippen LogP contribution in [0.4, 0.5) is 58.4 Å². The number of ether oxygens (including phenoxy) is 2. The zero-order valence-electron chi connectivity index (χ0n) is 33.9. The van der Waals surface area contributed by atoms with E-state index in [-0.39, 0.29) is 80.8 Å². The van der Waals surface area contributed by atoms with E-state index in [2.05, 4.69) is 51.2 Å². The van der Waals surface area contributed by atoms with Gasteiger partial charge in [0.1, 0.15) is 0 Å². The average Bonchev–Trinajstić information content (AvgIpc) is 3.27. The summed E-state index contributed by atoms with van der Waals surface area (Å²) in [6, 6.07) is 28.4.